The molecule has 2 aliphatic rings. The molecule has 3 nitrogen and oxygen atoms in total. The topological polar surface area (TPSA) is 49.7 Å². The van der Waals surface area contributed by atoms with Crippen molar-refractivity contribution in [3.8, 4) is 39.5 Å². The summed E-state index contributed by atoms with van der Waals surface area (Å²) in [7, 11) is 0. The summed E-state index contributed by atoms with van der Waals surface area (Å²) in [4.78, 5) is 0. The molecule has 4 aromatic rings. The second kappa shape index (κ2) is 9.71. The molecule has 0 heterocycles. The van der Waals surface area contributed by atoms with Crippen LogP contribution in [0.1, 0.15) is 49.7 Å². The van der Waals surface area contributed by atoms with Crippen molar-refractivity contribution in [3.05, 3.63) is 76.8 Å². The van der Waals surface area contributed by atoms with E-state index in [1.165, 1.54) is 37.7 Å². The first kappa shape index (κ1) is 23.2. The van der Waals surface area contributed by atoms with Crippen LogP contribution < -0.4 is 4.74 Å². The van der Waals surface area contributed by atoms with Crippen molar-refractivity contribution in [2.24, 2.45) is 5.92 Å². The van der Waals surface area contributed by atoms with Crippen molar-refractivity contribution < 1.29 is 14.9 Å². The highest BCUT2D eigenvalue weighted by Crippen LogP contribution is 2.49. The third kappa shape index (κ3) is 4.30. The Labute approximate surface area is 217 Å². The molecule has 0 saturated heterocycles. The fourth-order valence-electron chi connectivity index (χ4n) is 6.24. The summed E-state index contributed by atoms with van der Waals surface area (Å²) < 4.78 is 6.20. The Morgan fingerprint density at radius 3 is 2.50 bits per heavy atom. The lowest BCUT2D eigenvalue weighted by atomic mass is 9.79. The molecular weight excluding hydrogens is 468 g/mol. The zero-order valence-electron chi connectivity index (χ0n) is 20.4. The fourth-order valence-corrected chi connectivity index (χ4v) is 6.62. The van der Waals surface area contributed by atoms with Gasteiger partial charge in [-0.2, -0.15) is 0 Å². The minimum atomic E-state index is 0.222. The van der Waals surface area contributed by atoms with E-state index in [9.17, 15) is 10.2 Å². The monoisotopic (exact) mass is 498 g/mol. The van der Waals surface area contributed by atoms with Crippen LogP contribution in [0, 0.1) is 5.92 Å². The molecule has 0 radical (unpaired) electrons. The number of phenolic OH excluding ortho intramolecular Hbond substituents is 2. The molecule has 0 atom stereocenters. The van der Waals surface area contributed by atoms with Gasteiger partial charge in [0.25, 0.3) is 0 Å². The molecule has 6 rings (SSSR count). The smallest absolute Gasteiger partial charge is 0.119 e. The molecule has 0 spiro atoms. The lowest BCUT2D eigenvalue weighted by Crippen LogP contribution is -2.07. The summed E-state index contributed by atoms with van der Waals surface area (Å²) >= 11 is 7.04. The van der Waals surface area contributed by atoms with Crippen LogP contribution in [0.3, 0.4) is 0 Å². The van der Waals surface area contributed by atoms with E-state index in [1.54, 1.807) is 12.1 Å². The van der Waals surface area contributed by atoms with Gasteiger partial charge >= 0.3 is 0 Å². The van der Waals surface area contributed by atoms with E-state index in [2.05, 4.69) is 12.1 Å². The van der Waals surface area contributed by atoms with Gasteiger partial charge in [0.1, 0.15) is 17.2 Å². The Balaban J connectivity index is 1.41. The zero-order valence-corrected chi connectivity index (χ0v) is 21.2. The molecule has 0 bridgehead atoms. The number of halogens is 1. The van der Waals surface area contributed by atoms with Gasteiger partial charge < -0.3 is 14.9 Å². The minimum absolute atomic E-state index is 0.222. The van der Waals surface area contributed by atoms with Gasteiger partial charge in [0, 0.05) is 10.9 Å². The van der Waals surface area contributed by atoms with Crippen LogP contribution in [0.15, 0.2) is 60.7 Å². The van der Waals surface area contributed by atoms with Gasteiger partial charge in [-0.1, -0.05) is 55.5 Å². The highest BCUT2D eigenvalue weighted by Gasteiger charge is 2.26. The van der Waals surface area contributed by atoms with Crippen LogP contribution in [-0.4, -0.2) is 16.8 Å². The van der Waals surface area contributed by atoms with Crippen LogP contribution in [0.2, 0.25) is 5.02 Å². The van der Waals surface area contributed by atoms with Crippen molar-refractivity contribution in [1.82, 2.24) is 0 Å². The Hall–Kier alpha value is -3.17. The Kier molecular flexibility index (Phi) is 6.27. The largest absolute Gasteiger partial charge is 0.508 e. The van der Waals surface area contributed by atoms with Gasteiger partial charge in [0.2, 0.25) is 0 Å². The summed E-state index contributed by atoms with van der Waals surface area (Å²) in [5.41, 5.74) is 6.52. The molecule has 1 saturated carbocycles. The van der Waals surface area contributed by atoms with Gasteiger partial charge in [0.05, 0.1) is 11.6 Å². The molecular formula is C32H31ClO3. The first-order chi connectivity index (χ1) is 17.6. The van der Waals surface area contributed by atoms with Crippen molar-refractivity contribution in [1.29, 1.82) is 0 Å². The average molecular weight is 499 g/mol. The molecule has 0 amide bonds. The highest BCUT2D eigenvalue weighted by atomic mass is 35.5. The number of phenols is 2. The lowest BCUT2D eigenvalue weighted by molar-refractivity contribution is 0.292. The van der Waals surface area contributed by atoms with Crippen LogP contribution in [0.4, 0.5) is 0 Å². The molecule has 4 aromatic carbocycles. The highest BCUT2D eigenvalue weighted by molar-refractivity contribution is 6.39. The summed E-state index contributed by atoms with van der Waals surface area (Å²) in [6.45, 7) is 0.733. The van der Waals surface area contributed by atoms with Crippen LogP contribution in [-0.2, 0) is 12.8 Å². The van der Waals surface area contributed by atoms with E-state index in [1.807, 2.05) is 36.4 Å². The number of aryl methyl sites for hydroxylation is 1. The Morgan fingerprint density at radius 1 is 0.833 bits per heavy atom. The average Bonchev–Trinajstić information content (AvgIpc) is 3.40. The van der Waals surface area contributed by atoms with E-state index < -0.39 is 0 Å². The van der Waals surface area contributed by atoms with Crippen molar-refractivity contribution in [3.63, 3.8) is 0 Å². The van der Waals surface area contributed by atoms with Crippen LogP contribution in [0.25, 0.3) is 33.0 Å². The summed E-state index contributed by atoms with van der Waals surface area (Å²) in [6.07, 6.45) is 9.48. The minimum Gasteiger partial charge on any atom is -0.508 e. The number of rotatable bonds is 6. The maximum absolute atomic E-state index is 10.4. The quantitative estimate of drug-likeness (QED) is 0.261. The van der Waals surface area contributed by atoms with E-state index in [-0.39, 0.29) is 11.5 Å². The number of ether oxygens (including phenoxy) is 1. The molecule has 0 unspecified atom stereocenters. The van der Waals surface area contributed by atoms with E-state index in [4.69, 9.17) is 16.3 Å². The van der Waals surface area contributed by atoms with Crippen LogP contribution in [0.5, 0.6) is 17.2 Å². The van der Waals surface area contributed by atoms with Crippen molar-refractivity contribution in [2.45, 2.75) is 51.4 Å². The predicted molar refractivity (Wildman–Crippen MR) is 147 cm³/mol. The summed E-state index contributed by atoms with van der Waals surface area (Å²) in [5, 5.41) is 23.0. The number of aromatic hydroxyl groups is 2. The molecule has 2 N–H and O–H groups in total. The normalized spacial score (nSPS) is 15.1. The molecule has 0 aromatic heterocycles. The molecule has 1 fully saturated rings. The molecule has 2 aliphatic carbocycles. The zero-order chi connectivity index (χ0) is 24.6. The number of fused-ring (bicyclic) bond motifs is 4. The van der Waals surface area contributed by atoms with Crippen molar-refractivity contribution in [2.75, 3.05) is 6.61 Å². The fraction of sp³-hybridized carbons (Fsp3) is 0.312. The standard InChI is InChI=1S/C32H31ClO3/c33-32-27-15-12-24(35)19-29(27)30(28-13-10-21-17-23(34)11-14-26(21)31(28)32)22-8-3-9-25(18-22)36-16-4-7-20-5-1-2-6-20/h3,8-9,11-12,14-15,17-20,34-35H,1-2,4-7,10,13,16H2. The van der Waals surface area contributed by atoms with Gasteiger partial charge in [-0.05, 0) is 107 Å². The first-order valence-electron chi connectivity index (χ1n) is 13.1. The van der Waals surface area contributed by atoms with E-state index in [0.29, 0.717) is 5.02 Å². The van der Waals surface area contributed by atoms with E-state index >= 15 is 0 Å². The van der Waals surface area contributed by atoms with Gasteiger partial charge in [-0.3, -0.25) is 0 Å². The third-order valence-electron chi connectivity index (χ3n) is 7.96. The van der Waals surface area contributed by atoms with Gasteiger partial charge in [-0.15, -0.1) is 0 Å². The lowest BCUT2D eigenvalue weighted by Gasteiger charge is -2.26. The first-order valence-corrected chi connectivity index (χ1v) is 13.5. The van der Waals surface area contributed by atoms with Gasteiger partial charge in [0.15, 0.2) is 0 Å². The third-order valence-corrected chi connectivity index (χ3v) is 8.35. The SMILES string of the molecule is Oc1ccc2c(c1)CCc1c-2c(Cl)c2ccc(O)cc2c1-c1cccc(OCCCC2CCCC2)c1. The van der Waals surface area contributed by atoms with E-state index in [0.717, 1.165) is 76.1 Å². The summed E-state index contributed by atoms with van der Waals surface area (Å²) in [5.74, 6) is 2.25. The van der Waals surface area contributed by atoms with Crippen LogP contribution >= 0.6 is 11.6 Å². The van der Waals surface area contributed by atoms with Gasteiger partial charge in [-0.25, -0.2) is 0 Å². The summed E-state index contributed by atoms with van der Waals surface area (Å²) in [6, 6.07) is 19.3. The molecule has 36 heavy (non-hydrogen) atoms. The Bertz CT molecular complexity index is 1440. The molecule has 0 aliphatic heterocycles. The second-order valence-corrected chi connectivity index (χ2v) is 10.7. The molecule has 184 valence electrons. The predicted octanol–water partition coefficient (Wildman–Crippen LogP) is 8.69. The molecule has 4 heteroatoms. The van der Waals surface area contributed by atoms with Crippen molar-refractivity contribution >= 4 is 22.4 Å². The number of hydrogen-bond donors (Lipinski definition) is 2. The number of benzene rings is 4. The second-order valence-electron chi connectivity index (χ2n) is 10.3. The Morgan fingerprint density at radius 2 is 1.64 bits per heavy atom. The number of hydrogen-bond acceptors (Lipinski definition) is 3. The maximum Gasteiger partial charge on any atom is 0.119 e. The maximum atomic E-state index is 10.4.